The van der Waals surface area contributed by atoms with Crippen molar-refractivity contribution in [1.82, 2.24) is 4.57 Å². The van der Waals surface area contributed by atoms with Crippen LogP contribution >= 0.6 is 0 Å². The molecule has 1 heterocycles. The van der Waals surface area contributed by atoms with Gasteiger partial charge in [-0.15, -0.1) is 0 Å². The number of hydrogen-bond donors (Lipinski definition) is 1. The molecular weight excluding hydrogens is 442 g/mol. The van der Waals surface area contributed by atoms with Gasteiger partial charge in [0.05, 0.1) is 10.4 Å². The summed E-state index contributed by atoms with van der Waals surface area (Å²) in [5, 5.41) is 1.02. The van der Waals surface area contributed by atoms with Gasteiger partial charge in [-0.2, -0.15) is 0 Å². The smallest absolute Gasteiger partial charge is 0.263 e. The topological polar surface area (TPSA) is 54.3 Å². The molecule has 0 aliphatic heterocycles. The molecule has 0 atom stereocenters. The number of nitrogens with zero attached hydrogens (tertiary/aromatic N) is 2. The maximum Gasteiger partial charge on any atom is 0.263 e. The first kappa shape index (κ1) is 23.9. The summed E-state index contributed by atoms with van der Waals surface area (Å²) in [7, 11) is -3.77. The van der Waals surface area contributed by atoms with Crippen LogP contribution in [0.2, 0.25) is 0 Å². The predicted octanol–water partition coefficient (Wildman–Crippen LogP) is 6.84. The van der Waals surface area contributed by atoms with E-state index in [1.54, 1.807) is 12.1 Å². The van der Waals surface area contributed by atoms with E-state index in [0.29, 0.717) is 5.82 Å². The monoisotopic (exact) mass is 475 g/mol. The molecule has 3 aromatic carbocycles. The van der Waals surface area contributed by atoms with Crippen LogP contribution in [0.15, 0.2) is 77.7 Å². The van der Waals surface area contributed by atoms with Crippen LogP contribution in [-0.4, -0.2) is 26.1 Å². The normalized spacial score (nSPS) is 11.8. The zero-order valence-electron chi connectivity index (χ0n) is 20.5. The Labute approximate surface area is 203 Å². The highest BCUT2D eigenvalue weighted by Gasteiger charge is 2.25. The van der Waals surface area contributed by atoms with E-state index in [1.165, 1.54) is 0 Å². The molecule has 0 amide bonds. The van der Waals surface area contributed by atoms with E-state index in [4.69, 9.17) is 0 Å². The molecule has 6 heteroatoms. The number of sulfonamides is 1. The van der Waals surface area contributed by atoms with Crippen molar-refractivity contribution in [3.05, 3.63) is 78.4 Å². The molecule has 0 aliphatic carbocycles. The Morgan fingerprint density at radius 1 is 0.882 bits per heavy atom. The Morgan fingerprint density at radius 2 is 1.50 bits per heavy atom. The highest BCUT2D eigenvalue weighted by molar-refractivity contribution is 7.92. The first-order valence-electron chi connectivity index (χ1n) is 11.8. The molecule has 5 nitrogen and oxygen atoms in total. The van der Waals surface area contributed by atoms with Gasteiger partial charge in [0.15, 0.2) is 0 Å². The Bertz CT molecular complexity index is 1380. The lowest BCUT2D eigenvalue weighted by Crippen LogP contribution is -2.21. The number of hydrogen-bond acceptors (Lipinski definition) is 3. The van der Waals surface area contributed by atoms with Gasteiger partial charge in [-0.05, 0) is 70.5 Å². The van der Waals surface area contributed by atoms with E-state index in [2.05, 4.69) is 72.2 Å². The van der Waals surface area contributed by atoms with Crippen molar-refractivity contribution in [2.24, 2.45) is 0 Å². The second kappa shape index (κ2) is 9.55. The number of para-hydroxylation sites is 1. The van der Waals surface area contributed by atoms with Gasteiger partial charge in [0, 0.05) is 35.8 Å². The lowest BCUT2D eigenvalue weighted by molar-refractivity contribution is 0.598. The third-order valence-corrected chi connectivity index (χ3v) is 7.63. The molecule has 0 saturated carbocycles. The van der Waals surface area contributed by atoms with E-state index in [0.717, 1.165) is 46.4 Å². The minimum absolute atomic E-state index is 0.0596. The maximum absolute atomic E-state index is 13.4. The van der Waals surface area contributed by atoms with E-state index in [-0.39, 0.29) is 10.9 Å². The Balaban J connectivity index is 1.91. The number of aromatic nitrogens is 1. The molecule has 0 saturated heterocycles. The van der Waals surface area contributed by atoms with Crippen molar-refractivity contribution in [3.63, 3.8) is 0 Å². The van der Waals surface area contributed by atoms with Gasteiger partial charge in [-0.25, -0.2) is 8.42 Å². The molecule has 4 aromatic rings. The molecule has 0 radical (unpaired) electrons. The van der Waals surface area contributed by atoms with Gasteiger partial charge in [-0.3, -0.25) is 4.72 Å². The van der Waals surface area contributed by atoms with Crippen LogP contribution in [0.25, 0.3) is 22.0 Å². The number of benzene rings is 3. The van der Waals surface area contributed by atoms with E-state index < -0.39 is 10.0 Å². The van der Waals surface area contributed by atoms with Crippen LogP contribution in [0.4, 0.5) is 11.5 Å². The minimum atomic E-state index is -3.77. The van der Waals surface area contributed by atoms with Gasteiger partial charge < -0.3 is 9.47 Å². The summed E-state index contributed by atoms with van der Waals surface area (Å²) < 4.78 is 31.9. The summed E-state index contributed by atoms with van der Waals surface area (Å²) in [5.74, 6) is 0.590. The average molecular weight is 476 g/mol. The van der Waals surface area contributed by atoms with E-state index >= 15 is 0 Å². The molecule has 4 rings (SSSR count). The van der Waals surface area contributed by atoms with Crippen molar-refractivity contribution in [1.29, 1.82) is 0 Å². The van der Waals surface area contributed by atoms with Crippen LogP contribution in [0, 0.1) is 6.92 Å². The molecule has 34 heavy (non-hydrogen) atoms. The number of rotatable bonds is 8. The summed E-state index contributed by atoms with van der Waals surface area (Å²) in [4.78, 5) is 2.55. The third kappa shape index (κ3) is 4.42. The van der Waals surface area contributed by atoms with Crippen molar-refractivity contribution in [2.75, 3.05) is 22.7 Å². The van der Waals surface area contributed by atoms with Crippen molar-refractivity contribution in [2.45, 2.75) is 45.6 Å². The molecule has 0 spiro atoms. The van der Waals surface area contributed by atoms with Crippen LogP contribution in [0.3, 0.4) is 0 Å². The van der Waals surface area contributed by atoms with Gasteiger partial charge in [0.25, 0.3) is 10.0 Å². The fourth-order valence-corrected chi connectivity index (χ4v) is 5.59. The molecule has 1 aromatic heterocycles. The first-order chi connectivity index (χ1) is 16.3. The maximum atomic E-state index is 13.4. The molecule has 0 bridgehead atoms. The lowest BCUT2D eigenvalue weighted by Gasteiger charge is -2.21. The van der Waals surface area contributed by atoms with Crippen LogP contribution in [0.1, 0.15) is 39.3 Å². The van der Waals surface area contributed by atoms with Crippen LogP contribution < -0.4 is 9.62 Å². The summed E-state index contributed by atoms with van der Waals surface area (Å²) in [6.45, 7) is 12.2. The fraction of sp³-hybridized carbons (Fsp3) is 0.286. The summed E-state index contributed by atoms with van der Waals surface area (Å²) in [6.07, 6.45) is 0. The number of nitrogens with one attached hydrogen (secondary N) is 1. The van der Waals surface area contributed by atoms with Crippen molar-refractivity contribution in [3.8, 4) is 11.1 Å². The van der Waals surface area contributed by atoms with Crippen LogP contribution in [0.5, 0.6) is 0 Å². The highest BCUT2D eigenvalue weighted by Crippen LogP contribution is 2.41. The molecule has 0 unspecified atom stereocenters. The minimum Gasteiger partial charge on any atom is -0.372 e. The van der Waals surface area contributed by atoms with E-state index in [1.807, 2.05) is 37.3 Å². The summed E-state index contributed by atoms with van der Waals surface area (Å²) in [6, 6.07) is 23.5. The number of anilines is 2. The van der Waals surface area contributed by atoms with Crippen molar-refractivity contribution >= 4 is 32.4 Å². The van der Waals surface area contributed by atoms with Gasteiger partial charge in [-0.1, -0.05) is 48.0 Å². The second-order valence-electron chi connectivity index (χ2n) is 8.84. The van der Waals surface area contributed by atoms with Crippen LogP contribution in [-0.2, 0) is 10.0 Å². The molecular formula is C28H33N3O2S. The summed E-state index contributed by atoms with van der Waals surface area (Å²) in [5.41, 5.74) is 5.05. The largest absolute Gasteiger partial charge is 0.372 e. The predicted molar refractivity (Wildman–Crippen MR) is 143 cm³/mol. The quantitative estimate of drug-likeness (QED) is 0.303. The molecule has 178 valence electrons. The number of fused-ring (bicyclic) bond motifs is 1. The summed E-state index contributed by atoms with van der Waals surface area (Å²) >= 11 is 0. The molecule has 1 N–H and O–H groups in total. The Hall–Kier alpha value is -3.25. The Morgan fingerprint density at radius 3 is 2.09 bits per heavy atom. The number of aryl methyl sites for hydroxylation is 1. The van der Waals surface area contributed by atoms with Crippen molar-refractivity contribution < 1.29 is 8.42 Å². The fourth-order valence-electron chi connectivity index (χ4n) is 4.52. The standard InChI is InChI=1S/C28H33N3O2S/c1-6-30(7-2)23-16-14-22(15-17-23)27-25-10-8-9-11-26(25)31(20(3)4)28(27)29-34(32,33)24-18-12-21(5)13-19-24/h8-20,29H,6-7H2,1-5H3. The second-order valence-corrected chi connectivity index (χ2v) is 10.5. The van der Waals surface area contributed by atoms with Gasteiger partial charge in [0.1, 0.15) is 5.82 Å². The molecule has 0 aliphatic rings. The lowest BCUT2D eigenvalue weighted by atomic mass is 10.0. The van der Waals surface area contributed by atoms with Gasteiger partial charge in [0.2, 0.25) is 0 Å². The first-order valence-corrected chi connectivity index (χ1v) is 13.3. The average Bonchev–Trinajstić information content (AvgIpc) is 3.14. The Kier molecular flexibility index (Phi) is 6.71. The molecule has 0 fully saturated rings. The van der Waals surface area contributed by atoms with Gasteiger partial charge >= 0.3 is 0 Å². The SMILES string of the molecule is CCN(CC)c1ccc(-c2c(NS(=O)(=O)c3ccc(C)cc3)n(C(C)C)c3ccccc23)cc1. The van der Waals surface area contributed by atoms with E-state index in [9.17, 15) is 8.42 Å². The zero-order valence-corrected chi connectivity index (χ0v) is 21.4. The third-order valence-electron chi connectivity index (χ3n) is 6.27. The zero-order chi connectivity index (χ0) is 24.5. The highest BCUT2D eigenvalue weighted by atomic mass is 32.2.